The van der Waals surface area contributed by atoms with Crippen molar-refractivity contribution in [1.82, 2.24) is 0 Å². The molecule has 0 aromatic heterocycles. The van der Waals surface area contributed by atoms with Crippen molar-refractivity contribution in [3.8, 4) is 6.07 Å². The molecule has 0 aliphatic carbocycles. The van der Waals surface area contributed by atoms with Gasteiger partial charge in [0, 0.05) is 21.0 Å². The molecule has 0 aromatic rings. The summed E-state index contributed by atoms with van der Waals surface area (Å²) >= 11 is 0. The molecule has 0 aliphatic heterocycles. The van der Waals surface area contributed by atoms with Crippen molar-refractivity contribution in [3.05, 3.63) is 4.85 Å². The summed E-state index contributed by atoms with van der Waals surface area (Å²) in [5.74, 6) is 0. The van der Waals surface area contributed by atoms with Crippen LogP contribution in [0.3, 0.4) is 0 Å². The second kappa shape index (κ2) is 5.95. The van der Waals surface area contributed by atoms with Gasteiger partial charge in [-0.2, -0.15) is 0 Å². The van der Waals surface area contributed by atoms with Crippen LogP contribution in [0.1, 0.15) is 34.1 Å². The maximum atomic E-state index is 5.33. The van der Waals surface area contributed by atoms with Gasteiger partial charge in [0.2, 0.25) is 0 Å². The van der Waals surface area contributed by atoms with Crippen LogP contribution in [-0.2, 0) is 9.47 Å². The minimum absolute atomic E-state index is 0.275. The Morgan fingerprint density at radius 3 is 2.46 bits per heavy atom. The molecule has 3 nitrogen and oxygen atoms in total. The lowest BCUT2D eigenvalue weighted by molar-refractivity contribution is 0.0628. The lowest BCUT2D eigenvalue weighted by Crippen LogP contribution is -2.16. The zero-order chi connectivity index (χ0) is 10.3. The Bertz CT molecular complexity index is 189. The van der Waals surface area contributed by atoms with Crippen LogP contribution in [0.2, 0.25) is 0 Å². The molecular weight excluding hydrogens is 166 g/mol. The van der Waals surface area contributed by atoms with E-state index in [1.165, 1.54) is 0 Å². The molecule has 13 heavy (non-hydrogen) atoms. The molecule has 0 fully saturated rings. The average molecular weight is 186 g/mol. The molecule has 3 heteroatoms. The first-order chi connectivity index (χ1) is 5.98. The third-order valence-electron chi connectivity index (χ3n) is 1.51. The molecule has 0 atom stereocenters. The second-order valence-corrected chi connectivity index (χ2v) is 3.59. The van der Waals surface area contributed by atoms with E-state index in [4.69, 9.17) is 9.47 Å². The second-order valence-electron chi connectivity index (χ2n) is 3.59. The van der Waals surface area contributed by atoms with Gasteiger partial charge in [-0.25, -0.2) is 0 Å². The molecule has 0 unspecified atom stereocenters. The SMILES string of the molecule is COC(C)(C)[N+]#CCCOC(C)C. The van der Waals surface area contributed by atoms with Crippen molar-refractivity contribution in [2.75, 3.05) is 13.7 Å². The van der Waals surface area contributed by atoms with E-state index in [9.17, 15) is 0 Å². The van der Waals surface area contributed by atoms with E-state index in [2.05, 4.69) is 10.9 Å². The largest absolute Gasteiger partial charge is 0.379 e. The highest BCUT2D eigenvalue weighted by Gasteiger charge is 2.25. The summed E-state index contributed by atoms with van der Waals surface area (Å²) in [6.07, 6.45) is 0.988. The molecule has 0 aromatic carbocycles. The van der Waals surface area contributed by atoms with E-state index < -0.39 is 5.72 Å². The van der Waals surface area contributed by atoms with Crippen molar-refractivity contribution in [2.45, 2.75) is 45.9 Å². The lowest BCUT2D eigenvalue weighted by Gasteiger charge is -2.02. The normalized spacial score (nSPS) is 11.2. The molecule has 0 spiro atoms. The monoisotopic (exact) mass is 186 g/mol. The van der Waals surface area contributed by atoms with Gasteiger partial charge in [0.1, 0.15) is 6.42 Å². The van der Waals surface area contributed by atoms with Crippen molar-refractivity contribution in [3.63, 3.8) is 0 Å². The highest BCUT2D eigenvalue weighted by Crippen LogP contribution is 2.08. The van der Waals surface area contributed by atoms with Gasteiger partial charge in [0.15, 0.2) is 0 Å². The smallest absolute Gasteiger partial charge is 0.378 e. The fourth-order valence-corrected chi connectivity index (χ4v) is 0.632. The third kappa shape index (κ3) is 7.76. The van der Waals surface area contributed by atoms with Crippen molar-refractivity contribution in [1.29, 1.82) is 0 Å². The predicted molar refractivity (Wildman–Crippen MR) is 54.0 cm³/mol. The molecule has 0 radical (unpaired) electrons. The van der Waals surface area contributed by atoms with Gasteiger partial charge >= 0.3 is 5.72 Å². The number of ether oxygens (including phenoxy) is 2. The Kier molecular flexibility index (Phi) is 5.68. The number of rotatable bonds is 4. The molecule has 0 saturated carbocycles. The van der Waals surface area contributed by atoms with E-state index in [0.717, 1.165) is 0 Å². The number of methoxy groups -OCH3 is 1. The topological polar surface area (TPSA) is 22.8 Å². The van der Waals surface area contributed by atoms with Crippen molar-refractivity contribution < 1.29 is 9.47 Å². The lowest BCUT2D eigenvalue weighted by atomic mass is 10.3. The molecule has 0 amide bonds. The first-order valence-electron chi connectivity index (χ1n) is 4.59. The fourth-order valence-electron chi connectivity index (χ4n) is 0.632. The van der Waals surface area contributed by atoms with Crippen LogP contribution < -0.4 is 0 Å². The van der Waals surface area contributed by atoms with Gasteiger partial charge in [0.05, 0.1) is 12.7 Å². The molecule has 0 N–H and O–H groups in total. The van der Waals surface area contributed by atoms with Crippen LogP contribution in [0.25, 0.3) is 4.85 Å². The molecule has 0 saturated heterocycles. The summed E-state index contributed by atoms with van der Waals surface area (Å²) in [6.45, 7) is 8.47. The molecule has 76 valence electrons. The third-order valence-corrected chi connectivity index (χ3v) is 1.51. The Balaban J connectivity index is 3.62. The number of hydrogen-bond acceptors (Lipinski definition) is 2. The molecule has 0 aliphatic rings. The average Bonchev–Trinajstić information content (AvgIpc) is 2.03. The van der Waals surface area contributed by atoms with Gasteiger partial charge in [-0.1, -0.05) is 0 Å². The minimum atomic E-state index is -0.460. The van der Waals surface area contributed by atoms with E-state index >= 15 is 0 Å². The van der Waals surface area contributed by atoms with E-state index in [1.807, 2.05) is 27.7 Å². The summed E-state index contributed by atoms with van der Waals surface area (Å²) in [6, 6.07) is 2.91. The molecule has 0 rings (SSSR count). The van der Waals surface area contributed by atoms with Gasteiger partial charge < -0.3 is 9.47 Å². The zero-order valence-corrected chi connectivity index (χ0v) is 9.26. The summed E-state index contributed by atoms with van der Waals surface area (Å²) < 4.78 is 10.4. The van der Waals surface area contributed by atoms with Crippen LogP contribution in [0.15, 0.2) is 0 Å². The Morgan fingerprint density at radius 2 is 2.00 bits per heavy atom. The number of hydrogen-bond donors (Lipinski definition) is 0. The van der Waals surface area contributed by atoms with Crippen molar-refractivity contribution >= 4 is 0 Å². The quantitative estimate of drug-likeness (QED) is 0.630. The Hall–Kier alpha value is -0.590. The molecule has 0 heterocycles. The summed E-state index contributed by atoms with van der Waals surface area (Å²) in [5, 5.41) is 0. The van der Waals surface area contributed by atoms with Crippen LogP contribution in [-0.4, -0.2) is 25.5 Å². The minimum Gasteiger partial charge on any atom is -0.378 e. The first kappa shape index (κ1) is 12.4. The van der Waals surface area contributed by atoms with Gasteiger partial charge in [-0.05, 0) is 18.7 Å². The molecular formula is C10H20NO2+. The predicted octanol–water partition coefficient (Wildman–Crippen LogP) is 2.52. The maximum absolute atomic E-state index is 5.33. The van der Waals surface area contributed by atoms with Crippen LogP contribution in [0, 0.1) is 6.07 Å². The van der Waals surface area contributed by atoms with Crippen LogP contribution in [0.5, 0.6) is 0 Å². The first-order valence-corrected chi connectivity index (χ1v) is 4.59. The Morgan fingerprint density at radius 1 is 1.38 bits per heavy atom. The molecule has 0 bridgehead atoms. The van der Waals surface area contributed by atoms with E-state index in [-0.39, 0.29) is 6.10 Å². The highest BCUT2D eigenvalue weighted by atomic mass is 16.5. The zero-order valence-electron chi connectivity index (χ0n) is 9.26. The van der Waals surface area contributed by atoms with Crippen LogP contribution in [0.4, 0.5) is 0 Å². The van der Waals surface area contributed by atoms with E-state index in [1.54, 1.807) is 7.11 Å². The summed E-state index contributed by atoms with van der Waals surface area (Å²) in [5.41, 5.74) is -0.460. The number of nitrogens with zero attached hydrogens (tertiary/aromatic N) is 1. The summed E-state index contributed by atoms with van der Waals surface area (Å²) in [4.78, 5) is 4.12. The standard InChI is InChI=1S/C10H20NO2/c1-9(2)13-8-6-7-11-10(3,4)12-5/h9H,6,8H2,1-5H3/q+1. The van der Waals surface area contributed by atoms with Gasteiger partial charge in [-0.15, -0.1) is 0 Å². The summed E-state index contributed by atoms with van der Waals surface area (Å²) in [7, 11) is 1.63. The van der Waals surface area contributed by atoms with Crippen LogP contribution >= 0.6 is 0 Å². The fraction of sp³-hybridized carbons (Fsp3) is 0.900. The highest BCUT2D eigenvalue weighted by molar-refractivity contribution is 4.94. The maximum Gasteiger partial charge on any atom is 0.379 e. The van der Waals surface area contributed by atoms with E-state index in [0.29, 0.717) is 13.0 Å². The Labute approximate surface area is 80.9 Å². The van der Waals surface area contributed by atoms with Gasteiger partial charge in [-0.3, -0.25) is 0 Å². The van der Waals surface area contributed by atoms with Gasteiger partial charge in [0.25, 0.3) is 6.07 Å². The van der Waals surface area contributed by atoms with Crippen molar-refractivity contribution in [2.24, 2.45) is 0 Å².